The van der Waals surface area contributed by atoms with Gasteiger partial charge in [0.15, 0.2) is 5.70 Å². The Morgan fingerprint density at radius 2 is 1.67 bits per heavy atom. The molecular weight excluding hydrogens is 298 g/mol. The summed E-state index contributed by atoms with van der Waals surface area (Å²) in [4.78, 5) is 6.39. The second-order valence-corrected chi connectivity index (χ2v) is 5.53. The van der Waals surface area contributed by atoms with E-state index in [-0.39, 0.29) is 11.4 Å². The number of nitriles is 2. The van der Waals surface area contributed by atoms with Crippen molar-refractivity contribution in [2.45, 2.75) is 39.5 Å². The quantitative estimate of drug-likeness (QED) is 0.554. The minimum Gasteiger partial charge on any atom is -0.388 e. The molecule has 0 heterocycles. The summed E-state index contributed by atoms with van der Waals surface area (Å²) < 4.78 is 0. The van der Waals surface area contributed by atoms with Gasteiger partial charge in [-0.05, 0) is 30.5 Å². The molecule has 0 fully saturated rings. The smallest absolute Gasteiger partial charge is 0.174 e. The fourth-order valence-corrected chi connectivity index (χ4v) is 2.19. The second-order valence-electron chi connectivity index (χ2n) is 5.53. The first-order valence-corrected chi connectivity index (χ1v) is 8.35. The highest BCUT2D eigenvalue weighted by Gasteiger charge is 2.05. The van der Waals surface area contributed by atoms with Crippen LogP contribution in [0.5, 0.6) is 0 Å². The van der Waals surface area contributed by atoms with Crippen molar-refractivity contribution in [3.8, 4) is 12.1 Å². The zero-order chi connectivity index (χ0) is 17.8. The highest BCUT2D eigenvalue weighted by Crippen LogP contribution is 2.16. The van der Waals surface area contributed by atoms with Crippen LogP contribution in [0.15, 0.2) is 40.7 Å². The highest BCUT2D eigenvalue weighted by molar-refractivity contribution is 5.81. The second kappa shape index (κ2) is 10.9. The number of aliphatic imine (C=N–C) groups is 1. The predicted octanol–water partition coefficient (Wildman–Crippen LogP) is 3.73. The van der Waals surface area contributed by atoms with Crippen LogP contribution in [0.1, 0.15) is 45.1 Å². The maximum absolute atomic E-state index is 8.93. The average Bonchev–Trinajstić information content (AvgIpc) is 2.62. The molecule has 126 valence electrons. The molecule has 0 aliphatic rings. The molecule has 0 aromatic heterocycles. The molecule has 24 heavy (non-hydrogen) atoms. The number of unbranched alkanes of at least 4 members (excludes halogenated alkanes) is 2. The van der Waals surface area contributed by atoms with Gasteiger partial charge in [-0.2, -0.15) is 10.5 Å². The topological polar surface area (TPSA) is 89.2 Å². The van der Waals surface area contributed by atoms with Crippen LogP contribution in [0.3, 0.4) is 0 Å². The van der Waals surface area contributed by atoms with Gasteiger partial charge in [0.1, 0.15) is 17.8 Å². The molecule has 5 nitrogen and oxygen atoms in total. The molecule has 0 spiro atoms. The van der Waals surface area contributed by atoms with Crippen LogP contribution >= 0.6 is 0 Å². The largest absolute Gasteiger partial charge is 0.388 e. The van der Waals surface area contributed by atoms with Crippen molar-refractivity contribution in [2.75, 3.05) is 18.0 Å². The lowest BCUT2D eigenvalue weighted by molar-refractivity contribution is 0.678. The fourth-order valence-electron chi connectivity index (χ4n) is 2.19. The number of benzene rings is 1. The lowest BCUT2D eigenvalue weighted by Crippen LogP contribution is -2.25. The highest BCUT2D eigenvalue weighted by atomic mass is 15.1. The van der Waals surface area contributed by atoms with Crippen molar-refractivity contribution in [2.24, 2.45) is 10.7 Å². The van der Waals surface area contributed by atoms with Gasteiger partial charge in [-0.15, -0.1) is 0 Å². The summed E-state index contributed by atoms with van der Waals surface area (Å²) in [5, 5.41) is 17.6. The van der Waals surface area contributed by atoms with Gasteiger partial charge in [0.2, 0.25) is 0 Å². The zero-order valence-corrected chi connectivity index (χ0v) is 14.5. The molecule has 2 N–H and O–H groups in total. The van der Waals surface area contributed by atoms with Crippen molar-refractivity contribution in [1.29, 1.82) is 10.5 Å². The van der Waals surface area contributed by atoms with Gasteiger partial charge in [0.05, 0.1) is 0 Å². The Bertz CT molecular complexity index is 636. The molecular formula is C19H25N5. The van der Waals surface area contributed by atoms with E-state index < -0.39 is 0 Å². The van der Waals surface area contributed by atoms with Crippen LogP contribution < -0.4 is 10.6 Å². The van der Waals surface area contributed by atoms with E-state index in [0.29, 0.717) is 0 Å². The fraction of sp³-hybridized carbons (Fsp3) is 0.421. The number of rotatable bonds is 9. The molecule has 5 heteroatoms. The lowest BCUT2D eigenvalue weighted by Gasteiger charge is -2.24. The third kappa shape index (κ3) is 6.14. The first kappa shape index (κ1) is 19.3. The maximum atomic E-state index is 8.93. The summed E-state index contributed by atoms with van der Waals surface area (Å²) in [7, 11) is 0. The zero-order valence-electron chi connectivity index (χ0n) is 14.5. The monoisotopic (exact) mass is 323 g/mol. The molecule has 0 aliphatic carbocycles. The van der Waals surface area contributed by atoms with Crippen LogP contribution in [0.25, 0.3) is 0 Å². The Hall–Kier alpha value is -2.79. The van der Waals surface area contributed by atoms with E-state index in [9.17, 15) is 0 Å². The van der Waals surface area contributed by atoms with Gasteiger partial charge in [-0.25, -0.2) is 4.99 Å². The summed E-state index contributed by atoms with van der Waals surface area (Å²) >= 11 is 0. The molecule has 0 unspecified atom stereocenters. The van der Waals surface area contributed by atoms with E-state index in [4.69, 9.17) is 16.3 Å². The number of hydrogen-bond donors (Lipinski definition) is 1. The van der Waals surface area contributed by atoms with Gasteiger partial charge in [-0.3, -0.25) is 0 Å². The normalized spacial score (nSPS) is 11.7. The van der Waals surface area contributed by atoms with Crippen molar-refractivity contribution in [3.63, 3.8) is 0 Å². The van der Waals surface area contributed by atoms with E-state index in [0.717, 1.165) is 18.7 Å². The van der Waals surface area contributed by atoms with Crippen molar-refractivity contribution >= 4 is 11.9 Å². The molecule has 1 aromatic carbocycles. The molecule has 0 amide bonds. The first-order valence-electron chi connectivity index (χ1n) is 8.35. The third-order valence-corrected chi connectivity index (χ3v) is 3.65. The SMILES string of the molecule is CCCCN(CCCC)c1ccc(C=N/C(C#N)=C(\N)C#N)cc1. The van der Waals surface area contributed by atoms with Gasteiger partial charge in [0, 0.05) is 25.0 Å². The molecule has 0 bridgehead atoms. The number of nitrogens with zero attached hydrogens (tertiary/aromatic N) is 4. The van der Waals surface area contributed by atoms with Crippen molar-refractivity contribution in [3.05, 3.63) is 41.2 Å². The summed E-state index contributed by atoms with van der Waals surface area (Å²) in [6.45, 7) is 6.52. The summed E-state index contributed by atoms with van der Waals surface area (Å²) in [5.74, 6) is 0. The van der Waals surface area contributed by atoms with E-state index in [2.05, 4.69) is 35.9 Å². The Morgan fingerprint density at radius 1 is 1.08 bits per heavy atom. The molecule has 0 radical (unpaired) electrons. The minimum absolute atomic E-state index is 0.0610. The van der Waals surface area contributed by atoms with Crippen LogP contribution in [0.2, 0.25) is 0 Å². The number of allylic oxidation sites excluding steroid dienone is 2. The Balaban J connectivity index is 2.87. The predicted molar refractivity (Wildman–Crippen MR) is 98.5 cm³/mol. The summed E-state index contributed by atoms with van der Waals surface area (Å²) in [6, 6.07) is 11.6. The van der Waals surface area contributed by atoms with E-state index in [1.807, 2.05) is 18.2 Å². The third-order valence-electron chi connectivity index (χ3n) is 3.65. The standard InChI is InChI=1S/C19H25N5/c1-3-5-11-24(12-6-4-2)17-9-7-16(8-10-17)15-23-19(14-21)18(22)13-20/h7-10,15H,3-6,11-12,22H2,1-2H3/b19-18-,23-15?. The Kier molecular flexibility index (Phi) is 8.71. The van der Waals surface area contributed by atoms with Gasteiger partial charge >= 0.3 is 0 Å². The molecule has 0 atom stereocenters. The van der Waals surface area contributed by atoms with Crippen LogP contribution in [0.4, 0.5) is 5.69 Å². The van der Waals surface area contributed by atoms with E-state index >= 15 is 0 Å². The van der Waals surface area contributed by atoms with Crippen LogP contribution in [-0.4, -0.2) is 19.3 Å². The Morgan fingerprint density at radius 3 is 2.12 bits per heavy atom. The number of nitrogens with two attached hydrogens (primary N) is 1. The maximum Gasteiger partial charge on any atom is 0.174 e. The molecule has 0 aliphatic heterocycles. The molecule has 0 saturated heterocycles. The number of hydrogen-bond acceptors (Lipinski definition) is 5. The molecule has 0 saturated carbocycles. The summed E-state index contributed by atoms with van der Waals surface area (Å²) in [5.41, 5.74) is 7.25. The molecule has 1 aromatic rings. The first-order chi connectivity index (χ1) is 11.7. The van der Waals surface area contributed by atoms with Crippen LogP contribution in [0, 0.1) is 22.7 Å². The van der Waals surface area contributed by atoms with Gasteiger partial charge in [-0.1, -0.05) is 38.8 Å². The summed E-state index contributed by atoms with van der Waals surface area (Å²) in [6.07, 6.45) is 6.26. The van der Waals surface area contributed by atoms with Crippen molar-refractivity contribution in [1.82, 2.24) is 0 Å². The van der Waals surface area contributed by atoms with Crippen molar-refractivity contribution < 1.29 is 0 Å². The van der Waals surface area contributed by atoms with Gasteiger partial charge < -0.3 is 10.6 Å². The van der Waals surface area contributed by atoms with Crippen LogP contribution in [-0.2, 0) is 0 Å². The van der Waals surface area contributed by atoms with E-state index in [1.165, 1.54) is 31.4 Å². The Labute approximate surface area is 144 Å². The average molecular weight is 323 g/mol. The van der Waals surface area contributed by atoms with Gasteiger partial charge in [0.25, 0.3) is 0 Å². The number of anilines is 1. The minimum atomic E-state index is -0.171. The van der Waals surface area contributed by atoms with E-state index in [1.54, 1.807) is 12.3 Å². The molecule has 1 rings (SSSR count). The lowest BCUT2D eigenvalue weighted by atomic mass is 10.2.